The van der Waals surface area contributed by atoms with E-state index in [2.05, 4.69) is 9.97 Å². The smallest absolute Gasteiger partial charge is 0.263 e. The van der Waals surface area contributed by atoms with Crippen LogP contribution in [0.25, 0.3) is 0 Å². The van der Waals surface area contributed by atoms with E-state index in [1.54, 1.807) is 6.07 Å². The Labute approximate surface area is 96.1 Å². The molecule has 17 heavy (non-hydrogen) atoms. The maximum absolute atomic E-state index is 12.4. The van der Waals surface area contributed by atoms with Gasteiger partial charge < -0.3 is 10.5 Å². The molecule has 6 heteroatoms. The molecule has 2 rings (SSSR count). The van der Waals surface area contributed by atoms with Crippen molar-refractivity contribution in [2.75, 3.05) is 5.73 Å². The summed E-state index contributed by atoms with van der Waals surface area (Å²) in [6.07, 6.45) is 0.180. The number of nitrogens with two attached hydrogens (primary N) is 1. The Hall–Kier alpha value is -2.24. The molecule has 1 heterocycles. The van der Waals surface area contributed by atoms with Crippen LogP contribution in [0.1, 0.15) is 12.0 Å². The molecule has 88 valence electrons. The lowest BCUT2D eigenvalue weighted by Gasteiger charge is -2.06. The van der Waals surface area contributed by atoms with Gasteiger partial charge in [-0.15, -0.1) is 0 Å². The molecule has 2 N–H and O–H groups in total. The lowest BCUT2D eigenvalue weighted by Crippen LogP contribution is -1.95. The number of rotatable bonds is 3. The molecule has 1 aromatic carbocycles. The third-order valence-electron chi connectivity index (χ3n) is 1.96. The lowest BCUT2D eigenvalue weighted by atomic mass is 10.2. The third kappa shape index (κ3) is 2.87. The summed E-state index contributed by atoms with van der Waals surface area (Å²) in [6.45, 7) is 0. The minimum atomic E-state index is -2.54. The average Bonchev–Trinajstić information content (AvgIpc) is 2.29. The SMILES string of the molecule is Nc1cncc(Oc2cccc(C(F)F)c2)n1. The van der Waals surface area contributed by atoms with Gasteiger partial charge in [-0.25, -0.2) is 8.78 Å². The normalized spacial score (nSPS) is 10.5. The van der Waals surface area contributed by atoms with Gasteiger partial charge in [0.2, 0.25) is 5.88 Å². The van der Waals surface area contributed by atoms with Gasteiger partial charge in [-0.1, -0.05) is 12.1 Å². The third-order valence-corrected chi connectivity index (χ3v) is 1.96. The summed E-state index contributed by atoms with van der Waals surface area (Å²) in [6, 6.07) is 5.60. The number of hydrogen-bond donors (Lipinski definition) is 1. The molecule has 0 atom stereocenters. The largest absolute Gasteiger partial charge is 0.437 e. The number of alkyl halides is 2. The topological polar surface area (TPSA) is 61.0 Å². The van der Waals surface area contributed by atoms with Crippen molar-refractivity contribution < 1.29 is 13.5 Å². The summed E-state index contributed by atoms with van der Waals surface area (Å²) in [4.78, 5) is 7.63. The van der Waals surface area contributed by atoms with Crippen molar-refractivity contribution in [2.24, 2.45) is 0 Å². The number of nitrogens with zero attached hydrogens (tertiary/aromatic N) is 2. The van der Waals surface area contributed by atoms with Crippen LogP contribution < -0.4 is 10.5 Å². The molecular weight excluding hydrogens is 228 g/mol. The predicted molar refractivity (Wildman–Crippen MR) is 57.9 cm³/mol. The van der Waals surface area contributed by atoms with Gasteiger partial charge in [-0.2, -0.15) is 4.98 Å². The minimum absolute atomic E-state index is 0.112. The number of nitrogen functional groups attached to an aromatic ring is 1. The summed E-state index contributed by atoms with van der Waals surface area (Å²) in [5, 5.41) is 0. The van der Waals surface area contributed by atoms with Crippen LogP contribution in [0.2, 0.25) is 0 Å². The molecule has 0 fully saturated rings. The second-order valence-corrected chi connectivity index (χ2v) is 3.26. The van der Waals surface area contributed by atoms with Crippen LogP contribution in [0, 0.1) is 0 Å². The quantitative estimate of drug-likeness (QED) is 0.891. The zero-order valence-corrected chi connectivity index (χ0v) is 8.68. The van der Waals surface area contributed by atoms with E-state index in [0.29, 0.717) is 0 Å². The first-order chi connectivity index (χ1) is 8.15. The Morgan fingerprint density at radius 1 is 1.24 bits per heavy atom. The van der Waals surface area contributed by atoms with Gasteiger partial charge in [0, 0.05) is 5.56 Å². The molecule has 0 unspecified atom stereocenters. The van der Waals surface area contributed by atoms with Crippen LogP contribution in [-0.4, -0.2) is 9.97 Å². The van der Waals surface area contributed by atoms with E-state index in [1.165, 1.54) is 30.6 Å². The molecular formula is C11H9F2N3O. The number of halogens is 2. The van der Waals surface area contributed by atoms with Gasteiger partial charge in [-0.3, -0.25) is 4.98 Å². The van der Waals surface area contributed by atoms with Crippen LogP contribution in [-0.2, 0) is 0 Å². The predicted octanol–water partition coefficient (Wildman–Crippen LogP) is 2.79. The summed E-state index contributed by atoms with van der Waals surface area (Å²) < 4.78 is 30.2. The molecule has 1 aromatic heterocycles. The lowest BCUT2D eigenvalue weighted by molar-refractivity contribution is 0.151. The average molecular weight is 237 g/mol. The minimum Gasteiger partial charge on any atom is -0.437 e. The molecule has 0 aliphatic carbocycles. The van der Waals surface area contributed by atoms with Crippen molar-refractivity contribution in [3.63, 3.8) is 0 Å². The summed E-state index contributed by atoms with van der Waals surface area (Å²) >= 11 is 0. The Balaban J connectivity index is 2.21. The monoisotopic (exact) mass is 237 g/mol. The van der Waals surface area contributed by atoms with E-state index in [0.717, 1.165) is 0 Å². The molecule has 0 saturated carbocycles. The fraction of sp³-hybridized carbons (Fsp3) is 0.0909. The molecule has 2 aromatic rings. The van der Waals surface area contributed by atoms with Crippen LogP contribution >= 0.6 is 0 Å². The highest BCUT2D eigenvalue weighted by atomic mass is 19.3. The van der Waals surface area contributed by atoms with Crippen molar-refractivity contribution in [1.29, 1.82) is 0 Å². The highest BCUT2D eigenvalue weighted by Gasteiger charge is 2.08. The zero-order valence-electron chi connectivity index (χ0n) is 8.68. The first kappa shape index (κ1) is 11.3. The Morgan fingerprint density at radius 2 is 2.06 bits per heavy atom. The Kier molecular flexibility index (Phi) is 3.13. The number of benzene rings is 1. The van der Waals surface area contributed by atoms with Crippen molar-refractivity contribution in [2.45, 2.75) is 6.43 Å². The van der Waals surface area contributed by atoms with E-state index in [4.69, 9.17) is 10.5 Å². The van der Waals surface area contributed by atoms with Crippen molar-refractivity contribution in [3.05, 3.63) is 42.2 Å². The first-order valence-corrected chi connectivity index (χ1v) is 4.78. The van der Waals surface area contributed by atoms with E-state index in [9.17, 15) is 8.78 Å². The maximum Gasteiger partial charge on any atom is 0.263 e. The van der Waals surface area contributed by atoms with Crippen molar-refractivity contribution in [3.8, 4) is 11.6 Å². The zero-order chi connectivity index (χ0) is 12.3. The standard InChI is InChI=1S/C11H9F2N3O/c12-11(13)7-2-1-3-8(4-7)17-10-6-15-5-9(14)16-10/h1-6,11H,(H2,14,16). The van der Waals surface area contributed by atoms with Crippen LogP contribution in [0.4, 0.5) is 14.6 Å². The Bertz CT molecular complexity index is 520. The molecule has 0 amide bonds. The van der Waals surface area contributed by atoms with E-state index >= 15 is 0 Å². The number of hydrogen-bond acceptors (Lipinski definition) is 4. The second-order valence-electron chi connectivity index (χ2n) is 3.26. The van der Waals surface area contributed by atoms with Crippen molar-refractivity contribution in [1.82, 2.24) is 9.97 Å². The molecule has 0 aliphatic heterocycles. The van der Waals surface area contributed by atoms with Gasteiger partial charge >= 0.3 is 0 Å². The molecule has 0 aliphatic rings. The number of anilines is 1. The van der Waals surface area contributed by atoms with Crippen molar-refractivity contribution >= 4 is 5.82 Å². The number of ether oxygens (including phenoxy) is 1. The van der Waals surface area contributed by atoms with Gasteiger partial charge in [0.05, 0.1) is 12.4 Å². The van der Waals surface area contributed by atoms with E-state index in [-0.39, 0.29) is 23.0 Å². The molecule has 0 bridgehead atoms. The molecule has 4 nitrogen and oxygen atoms in total. The summed E-state index contributed by atoms with van der Waals surface area (Å²) in [5.41, 5.74) is 5.31. The Morgan fingerprint density at radius 3 is 2.76 bits per heavy atom. The van der Waals surface area contributed by atoms with E-state index in [1.807, 2.05) is 0 Å². The highest BCUT2D eigenvalue weighted by Crippen LogP contribution is 2.25. The van der Waals surface area contributed by atoms with Gasteiger partial charge in [-0.05, 0) is 12.1 Å². The summed E-state index contributed by atoms with van der Waals surface area (Å²) in [5.74, 6) is 0.631. The highest BCUT2D eigenvalue weighted by molar-refractivity contribution is 5.33. The van der Waals surface area contributed by atoms with E-state index < -0.39 is 6.43 Å². The van der Waals surface area contributed by atoms with Gasteiger partial charge in [0.25, 0.3) is 6.43 Å². The fourth-order valence-corrected chi connectivity index (χ4v) is 1.25. The molecule has 0 saturated heterocycles. The van der Waals surface area contributed by atoms with Crippen LogP contribution in [0.15, 0.2) is 36.7 Å². The van der Waals surface area contributed by atoms with Crippen LogP contribution in [0.5, 0.6) is 11.6 Å². The van der Waals surface area contributed by atoms with Gasteiger partial charge in [0.1, 0.15) is 11.6 Å². The summed E-state index contributed by atoms with van der Waals surface area (Å²) in [7, 11) is 0. The number of aromatic nitrogens is 2. The molecule has 0 radical (unpaired) electrons. The first-order valence-electron chi connectivity index (χ1n) is 4.78. The maximum atomic E-state index is 12.4. The fourth-order valence-electron chi connectivity index (χ4n) is 1.25. The van der Waals surface area contributed by atoms with Crippen LogP contribution in [0.3, 0.4) is 0 Å². The second kappa shape index (κ2) is 4.73. The molecule has 0 spiro atoms. The van der Waals surface area contributed by atoms with Gasteiger partial charge in [0.15, 0.2) is 0 Å².